The molecule has 22 heavy (non-hydrogen) atoms. The maximum Gasteiger partial charge on any atom is 0.258 e. The number of fused-ring (bicyclic) bond motifs is 1. The van der Waals surface area contributed by atoms with Crippen LogP contribution >= 0.6 is 0 Å². The molecule has 0 aliphatic rings. The van der Waals surface area contributed by atoms with Crippen molar-refractivity contribution in [2.45, 2.75) is 39.8 Å². The fourth-order valence-electron chi connectivity index (χ4n) is 2.50. The lowest BCUT2D eigenvalue weighted by molar-refractivity contribution is 0.151. The molecule has 0 bridgehead atoms. The molecule has 1 atom stereocenters. The van der Waals surface area contributed by atoms with Crippen LogP contribution in [0.25, 0.3) is 5.65 Å². The van der Waals surface area contributed by atoms with E-state index in [2.05, 4.69) is 31.1 Å². The first kappa shape index (κ1) is 16.6. The summed E-state index contributed by atoms with van der Waals surface area (Å²) in [5, 5.41) is 3.51. The summed E-state index contributed by atoms with van der Waals surface area (Å²) < 4.78 is 6.74. The summed E-state index contributed by atoms with van der Waals surface area (Å²) >= 11 is 0. The molecule has 0 saturated carbocycles. The average molecular weight is 303 g/mol. The van der Waals surface area contributed by atoms with E-state index >= 15 is 0 Å². The van der Waals surface area contributed by atoms with E-state index in [4.69, 9.17) is 4.74 Å². The van der Waals surface area contributed by atoms with E-state index in [0.29, 0.717) is 24.8 Å². The van der Waals surface area contributed by atoms with E-state index in [1.54, 1.807) is 23.8 Å². The number of methoxy groups -OCH3 is 1. The molecular formula is C17H25N3O2. The predicted molar refractivity (Wildman–Crippen MR) is 88.0 cm³/mol. The number of hydrogen-bond acceptors (Lipinski definition) is 4. The molecule has 0 amide bonds. The first-order valence-corrected chi connectivity index (χ1v) is 7.61. The van der Waals surface area contributed by atoms with Gasteiger partial charge in [0.05, 0.1) is 5.69 Å². The predicted octanol–water partition coefficient (Wildman–Crippen LogP) is 2.24. The quantitative estimate of drug-likeness (QED) is 0.889. The summed E-state index contributed by atoms with van der Waals surface area (Å²) in [5.74, 6) is 0. The molecule has 0 aliphatic heterocycles. The summed E-state index contributed by atoms with van der Waals surface area (Å²) in [7, 11) is 1.71. The van der Waals surface area contributed by atoms with Gasteiger partial charge in [0, 0.05) is 38.6 Å². The molecule has 0 fully saturated rings. The van der Waals surface area contributed by atoms with Gasteiger partial charge in [-0.15, -0.1) is 0 Å². The largest absolute Gasteiger partial charge is 0.385 e. The van der Waals surface area contributed by atoms with Crippen molar-refractivity contribution in [3.05, 3.63) is 46.5 Å². The first-order valence-electron chi connectivity index (χ1n) is 7.61. The van der Waals surface area contributed by atoms with Gasteiger partial charge in [0.25, 0.3) is 5.56 Å². The lowest BCUT2D eigenvalue weighted by Crippen LogP contribution is -2.41. The van der Waals surface area contributed by atoms with Crippen molar-refractivity contribution >= 4 is 5.65 Å². The number of pyridine rings is 1. The first-order chi connectivity index (χ1) is 10.4. The molecule has 0 aliphatic carbocycles. The summed E-state index contributed by atoms with van der Waals surface area (Å²) in [6.07, 6.45) is 2.66. The number of ether oxygens (including phenoxy) is 1. The van der Waals surface area contributed by atoms with Crippen molar-refractivity contribution < 1.29 is 4.74 Å². The minimum Gasteiger partial charge on any atom is -0.385 e. The third kappa shape index (κ3) is 4.15. The van der Waals surface area contributed by atoms with E-state index in [0.717, 1.165) is 12.1 Å². The highest BCUT2D eigenvalue weighted by Crippen LogP contribution is 2.22. The highest BCUT2D eigenvalue weighted by atomic mass is 16.5. The molecule has 2 aromatic rings. The van der Waals surface area contributed by atoms with Crippen LogP contribution in [0.1, 0.15) is 32.9 Å². The van der Waals surface area contributed by atoms with Crippen LogP contribution in [0.4, 0.5) is 0 Å². The Kier molecular flexibility index (Phi) is 5.32. The Labute approximate surface area is 131 Å². The van der Waals surface area contributed by atoms with Gasteiger partial charge < -0.3 is 10.1 Å². The number of hydrogen-bond donors (Lipinski definition) is 1. The molecule has 5 heteroatoms. The average Bonchev–Trinajstić information content (AvgIpc) is 2.46. The molecular weight excluding hydrogens is 278 g/mol. The molecule has 2 rings (SSSR count). The maximum absolute atomic E-state index is 12.1. The zero-order valence-electron chi connectivity index (χ0n) is 13.8. The lowest BCUT2D eigenvalue weighted by atomic mass is 9.85. The Hall–Kier alpha value is -1.72. The van der Waals surface area contributed by atoms with E-state index in [1.807, 2.05) is 18.2 Å². The summed E-state index contributed by atoms with van der Waals surface area (Å²) in [5.41, 5.74) is 1.51. The van der Waals surface area contributed by atoms with Crippen LogP contribution in [0, 0.1) is 5.41 Å². The molecule has 0 aromatic carbocycles. The van der Waals surface area contributed by atoms with E-state index in [1.165, 1.54) is 0 Å². The van der Waals surface area contributed by atoms with Crippen LogP contribution in [0.15, 0.2) is 35.3 Å². The van der Waals surface area contributed by atoms with Gasteiger partial charge in [0.1, 0.15) is 5.65 Å². The molecule has 120 valence electrons. The van der Waals surface area contributed by atoms with Gasteiger partial charge in [-0.1, -0.05) is 26.8 Å². The Morgan fingerprint density at radius 1 is 1.36 bits per heavy atom. The normalized spacial score (nSPS) is 13.5. The molecule has 5 nitrogen and oxygen atoms in total. The highest BCUT2D eigenvalue weighted by Gasteiger charge is 2.23. The standard InChI is InChI=1S/C17H25N3O2/c1-17(2,3)14(8-10-22-4)18-12-13-11-16(21)20-9-6-5-7-15(20)19-13/h5-7,9,11,14,18H,8,10,12H2,1-4H3. The number of nitrogens with zero attached hydrogens (tertiary/aromatic N) is 2. The summed E-state index contributed by atoms with van der Waals surface area (Å²) in [6, 6.07) is 7.44. The van der Waals surface area contributed by atoms with Crippen LogP contribution in [0.3, 0.4) is 0 Å². The van der Waals surface area contributed by atoms with Gasteiger partial charge in [0.15, 0.2) is 0 Å². The van der Waals surface area contributed by atoms with Gasteiger partial charge in [0.2, 0.25) is 0 Å². The molecule has 0 saturated heterocycles. The van der Waals surface area contributed by atoms with Crippen molar-refractivity contribution in [3.8, 4) is 0 Å². The second-order valence-electron chi connectivity index (χ2n) is 6.60. The van der Waals surface area contributed by atoms with E-state index in [9.17, 15) is 4.79 Å². The summed E-state index contributed by atoms with van der Waals surface area (Å²) in [4.78, 5) is 16.6. The van der Waals surface area contributed by atoms with Gasteiger partial charge in [-0.25, -0.2) is 4.98 Å². The van der Waals surface area contributed by atoms with Crippen LogP contribution < -0.4 is 10.9 Å². The van der Waals surface area contributed by atoms with Crippen molar-refractivity contribution in [2.75, 3.05) is 13.7 Å². The maximum atomic E-state index is 12.1. The van der Waals surface area contributed by atoms with Crippen molar-refractivity contribution in [1.82, 2.24) is 14.7 Å². The van der Waals surface area contributed by atoms with Crippen LogP contribution in [-0.2, 0) is 11.3 Å². The third-order valence-corrected chi connectivity index (χ3v) is 3.81. The second-order valence-corrected chi connectivity index (χ2v) is 6.60. The third-order valence-electron chi connectivity index (χ3n) is 3.81. The molecule has 0 radical (unpaired) electrons. The topological polar surface area (TPSA) is 55.6 Å². The number of rotatable bonds is 6. The zero-order chi connectivity index (χ0) is 16.2. The van der Waals surface area contributed by atoms with Gasteiger partial charge in [-0.2, -0.15) is 0 Å². The van der Waals surface area contributed by atoms with Gasteiger partial charge in [-0.3, -0.25) is 9.20 Å². The van der Waals surface area contributed by atoms with Crippen LogP contribution in [0.2, 0.25) is 0 Å². The Balaban J connectivity index is 2.14. The van der Waals surface area contributed by atoms with Gasteiger partial charge >= 0.3 is 0 Å². The monoisotopic (exact) mass is 303 g/mol. The Morgan fingerprint density at radius 3 is 2.82 bits per heavy atom. The number of nitrogens with one attached hydrogen (secondary N) is 1. The Morgan fingerprint density at radius 2 is 2.14 bits per heavy atom. The fraction of sp³-hybridized carbons (Fsp3) is 0.529. The van der Waals surface area contributed by atoms with Crippen LogP contribution in [-0.4, -0.2) is 29.1 Å². The minimum absolute atomic E-state index is 0.0494. The molecule has 2 heterocycles. The molecule has 0 spiro atoms. The van der Waals surface area contributed by atoms with E-state index < -0.39 is 0 Å². The fourth-order valence-corrected chi connectivity index (χ4v) is 2.50. The van der Waals surface area contributed by atoms with Crippen molar-refractivity contribution in [3.63, 3.8) is 0 Å². The SMILES string of the molecule is COCCC(NCc1cc(=O)n2ccccc2n1)C(C)(C)C. The van der Waals surface area contributed by atoms with Crippen molar-refractivity contribution in [1.29, 1.82) is 0 Å². The minimum atomic E-state index is -0.0494. The smallest absolute Gasteiger partial charge is 0.258 e. The van der Waals surface area contributed by atoms with Gasteiger partial charge in [-0.05, 0) is 24.0 Å². The molecule has 1 unspecified atom stereocenters. The lowest BCUT2D eigenvalue weighted by Gasteiger charge is -2.31. The summed E-state index contributed by atoms with van der Waals surface area (Å²) in [6.45, 7) is 7.88. The van der Waals surface area contributed by atoms with Crippen LogP contribution in [0.5, 0.6) is 0 Å². The molecule has 1 N–H and O–H groups in total. The number of aromatic nitrogens is 2. The van der Waals surface area contributed by atoms with Crippen molar-refractivity contribution in [2.24, 2.45) is 5.41 Å². The van der Waals surface area contributed by atoms with E-state index in [-0.39, 0.29) is 11.0 Å². The zero-order valence-corrected chi connectivity index (χ0v) is 13.8. The second kappa shape index (κ2) is 7.03. The highest BCUT2D eigenvalue weighted by molar-refractivity contribution is 5.37. The molecule has 2 aromatic heterocycles. The Bertz CT molecular complexity index is 673.